The number of para-hydroxylation sites is 1. The van der Waals surface area contributed by atoms with Crippen LogP contribution in [0.5, 0.6) is 0 Å². The van der Waals surface area contributed by atoms with Crippen LogP contribution in [0.3, 0.4) is 0 Å². The molecule has 1 N–H and O–H groups in total. The third-order valence-corrected chi connectivity index (χ3v) is 6.53. The van der Waals surface area contributed by atoms with Gasteiger partial charge in [0.25, 0.3) is 11.6 Å². The van der Waals surface area contributed by atoms with Crippen molar-refractivity contribution in [1.82, 2.24) is 10.3 Å². The van der Waals surface area contributed by atoms with Gasteiger partial charge in [0.1, 0.15) is 16.5 Å². The van der Waals surface area contributed by atoms with Gasteiger partial charge in [-0.25, -0.2) is 9.40 Å². The van der Waals surface area contributed by atoms with Gasteiger partial charge in [-0.2, -0.15) is 0 Å². The predicted octanol–water partition coefficient (Wildman–Crippen LogP) is 3.46. The van der Waals surface area contributed by atoms with Crippen LogP contribution in [0.25, 0.3) is 5.70 Å². The Labute approximate surface area is 201 Å². The number of rotatable bonds is 4. The predicted molar refractivity (Wildman–Crippen MR) is 127 cm³/mol. The molecule has 2 heterocycles. The number of nitrogens with one attached hydrogen (secondary N) is 1. The topological polar surface area (TPSA) is 100 Å². The SMILES string of the molecule is O=C1NC(SCc2ccccc2F)=NN2C1=c1ccccc1=N[C@@H]2c1ccc(Cl)c([N+](=O)[O-])c1. The maximum Gasteiger partial charge on any atom is 0.288 e. The maximum absolute atomic E-state index is 14.0. The van der Waals surface area contributed by atoms with Gasteiger partial charge in [-0.3, -0.25) is 25.2 Å². The molecule has 2 aliphatic heterocycles. The van der Waals surface area contributed by atoms with E-state index in [4.69, 9.17) is 16.6 Å². The Kier molecular flexibility index (Phi) is 5.76. The van der Waals surface area contributed by atoms with Crippen LogP contribution in [-0.2, 0) is 10.5 Å². The van der Waals surface area contributed by atoms with Crippen molar-refractivity contribution in [3.8, 4) is 0 Å². The summed E-state index contributed by atoms with van der Waals surface area (Å²) in [4.78, 5) is 28.7. The fourth-order valence-corrected chi connectivity index (χ4v) is 4.72. The van der Waals surface area contributed by atoms with Gasteiger partial charge in [-0.15, -0.1) is 5.10 Å². The summed E-state index contributed by atoms with van der Waals surface area (Å²) >= 11 is 7.16. The van der Waals surface area contributed by atoms with Crippen molar-refractivity contribution in [2.45, 2.75) is 11.9 Å². The molecule has 0 saturated carbocycles. The van der Waals surface area contributed by atoms with E-state index in [-0.39, 0.29) is 33.1 Å². The number of carbonyl (C=O) groups is 1. The largest absolute Gasteiger partial charge is 0.298 e. The zero-order chi connectivity index (χ0) is 23.8. The van der Waals surface area contributed by atoms with E-state index in [0.29, 0.717) is 21.7 Å². The van der Waals surface area contributed by atoms with Crippen molar-refractivity contribution in [2.24, 2.45) is 10.1 Å². The Hall–Kier alpha value is -3.76. The van der Waals surface area contributed by atoms with Gasteiger partial charge in [0.15, 0.2) is 11.3 Å². The van der Waals surface area contributed by atoms with Crippen LogP contribution in [0.2, 0.25) is 5.02 Å². The number of fused-ring (bicyclic) bond motifs is 2. The van der Waals surface area contributed by atoms with Gasteiger partial charge in [0.2, 0.25) is 0 Å². The highest BCUT2D eigenvalue weighted by molar-refractivity contribution is 8.13. The van der Waals surface area contributed by atoms with Gasteiger partial charge in [-0.1, -0.05) is 65.8 Å². The van der Waals surface area contributed by atoms with Crippen LogP contribution in [0.1, 0.15) is 17.3 Å². The quantitative estimate of drug-likeness (QED) is 0.441. The summed E-state index contributed by atoms with van der Waals surface area (Å²) in [6.45, 7) is 0. The summed E-state index contributed by atoms with van der Waals surface area (Å²) in [6.07, 6.45) is -0.837. The molecule has 0 saturated heterocycles. The molecule has 1 atom stereocenters. The molecule has 170 valence electrons. The van der Waals surface area contributed by atoms with Crippen molar-refractivity contribution in [2.75, 3.05) is 0 Å². The number of nitro groups is 1. The molecule has 34 heavy (non-hydrogen) atoms. The van der Waals surface area contributed by atoms with E-state index in [1.54, 1.807) is 48.5 Å². The van der Waals surface area contributed by atoms with Gasteiger partial charge >= 0.3 is 0 Å². The third kappa shape index (κ3) is 4.02. The first-order valence-corrected chi connectivity index (χ1v) is 11.4. The van der Waals surface area contributed by atoms with E-state index in [2.05, 4.69) is 10.4 Å². The Morgan fingerprint density at radius 2 is 1.91 bits per heavy atom. The van der Waals surface area contributed by atoms with E-state index in [1.807, 2.05) is 0 Å². The van der Waals surface area contributed by atoms with E-state index in [0.717, 1.165) is 0 Å². The standard InChI is InChI=1S/C23H15ClFN5O3S/c24-16-10-9-13(11-19(16)30(32)33)21-26-18-8-4-2-6-15(18)20-22(31)27-23(28-29(20)21)34-12-14-5-1-3-7-17(14)25/h1-11,21H,12H2,(H,27,28,31)/t21-/m0/s1. The van der Waals surface area contributed by atoms with Crippen molar-refractivity contribution < 1.29 is 14.1 Å². The lowest BCUT2D eigenvalue weighted by molar-refractivity contribution is -0.384. The first-order chi connectivity index (χ1) is 16.4. The van der Waals surface area contributed by atoms with Crippen LogP contribution in [0, 0.1) is 15.9 Å². The van der Waals surface area contributed by atoms with E-state index >= 15 is 0 Å². The van der Waals surface area contributed by atoms with Crippen LogP contribution in [0.4, 0.5) is 10.1 Å². The number of halogens is 2. The first-order valence-electron chi connectivity index (χ1n) is 10.1. The van der Waals surface area contributed by atoms with E-state index in [1.165, 1.54) is 35.0 Å². The minimum absolute atomic E-state index is 0.00446. The van der Waals surface area contributed by atoms with Crippen molar-refractivity contribution in [3.63, 3.8) is 0 Å². The lowest BCUT2D eigenvalue weighted by atomic mass is 10.1. The zero-order valence-corrected chi connectivity index (χ0v) is 18.9. The molecule has 0 radical (unpaired) electrons. The number of hydrogen-bond acceptors (Lipinski definition) is 7. The minimum Gasteiger partial charge on any atom is -0.298 e. The zero-order valence-electron chi connectivity index (χ0n) is 17.3. The van der Waals surface area contributed by atoms with Gasteiger partial charge in [0.05, 0.1) is 10.3 Å². The highest BCUT2D eigenvalue weighted by atomic mass is 35.5. The Balaban J connectivity index is 1.59. The second-order valence-corrected chi connectivity index (χ2v) is 8.79. The minimum atomic E-state index is -0.837. The highest BCUT2D eigenvalue weighted by Crippen LogP contribution is 2.35. The number of nitrogens with zero attached hydrogens (tertiary/aromatic N) is 4. The third-order valence-electron chi connectivity index (χ3n) is 5.30. The van der Waals surface area contributed by atoms with E-state index in [9.17, 15) is 19.3 Å². The molecule has 3 aromatic rings. The number of hydrogen-bond donors (Lipinski definition) is 1. The summed E-state index contributed by atoms with van der Waals surface area (Å²) in [5.74, 6) is -0.500. The molecule has 0 aliphatic carbocycles. The number of carbonyl (C=O) groups excluding carboxylic acids is 1. The van der Waals surface area contributed by atoms with Crippen molar-refractivity contribution in [1.29, 1.82) is 0 Å². The summed E-state index contributed by atoms with van der Waals surface area (Å²) in [5.41, 5.74) is 0.913. The van der Waals surface area contributed by atoms with Crippen molar-refractivity contribution in [3.05, 3.63) is 109 Å². The van der Waals surface area contributed by atoms with Gasteiger partial charge in [-0.05, 0) is 23.8 Å². The second kappa shape index (κ2) is 8.88. The fourth-order valence-electron chi connectivity index (χ4n) is 3.70. The molecule has 0 fully saturated rings. The van der Waals surface area contributed by atoms with Crippen LogP contribution in [0.15, 0.2) is 76.8 Å². The second-order valence-electron chi connectivity index (χ2n) is 7.42. The summed E-state index contributed by atoms with van der Waals surface area (Å²) < 4.78 is 14.0. The molecule has 3 aromatic carbocycles. The Bertz CT molecular complexity index is 1500. The molecule has 11 heteroatoms. The monoisotopic (exact) mass is 495 g/mol. The van der Waals surface area contributed by atoms with Crippen LogP contribution >= 0.6 is 23.4 Å². The fraction of sp³-hybridized carbons (Fsp3) is 0.0870. The first kappa shape index (κ1) is 22.1. The number of benzene rings is 3. The van der Waals surface area contributed by atoms with Crippen LogP contribution in [-0.4, -0.2) is 21.0 Å². The Morgan fingerprint density at radius 1 is 1.15 bits per heavy atom. The summed E-state index contributed by atoms with van der Waals surface area (Å²) in [7, 11) is 0. The van der Waals surface area contributed by atoms with Gasteiger partial charge < -0.3 is 0 Å². The molecule has 5 rings (SSSR count). The average molecular weight is 496 g/mol. The van der Waals surface area contributed by atoms with Gasteiger partial charge in [0, 0.05) is 22.6 Å². The normalized spacial score (nSPS) is 16.7. The average Bonchev–Trinajstić information content (AvgIpc) is 2.83. The molecule has 8 nitrogen and oxygen atoms in total. The number of thioether (sulfide) groups is 1. The molecule has 1 amide bonds. The molecule has 0 unspecified atom stereocenters. The maximum atomic E-state index is 14.0. The molecule has 0 bridgehead atoms. The number of amides is 1. The smallest absolute Gasteiger partial charge is 0.288 e. The lowest BCUT2D eigenvalue weighted by Gasteiger charge is -2.34. The number of hydrazone groups is 1. The van der Waals surface area contributed by atoms with E-state index < -0.39 is 17.0 Å². The molecule has 0 spiro atoms. The Morgan fingerprint density at radius 3 is 2.71 bits per heavy atom. The van der Waals surface area contributed by atoms with Crippen LogP contribution < -0.4 is 15.9 Å². The molecular formula is C23H15ClFN5O3S. The molecule has 2 aliphatic rings. The highest BCUT2D eigenvalue weighted by Gasteiger charge is 2.35. The summed E-state index contributed by atoms with van der Waals surface area (Å²) in [5, 5.41) is 21.6. The number of nitro benzene ring substituents is 1. The number of amidine groups is 1. The molecule has 0 aromatic heterocycles. The molecular weight excluding hydrogens is 481 g/mol. The summed E-state index contributed by atoms with van der Waals surface area (Å²) in [6, 6.07) is 17.8. The van der Waals surface area contributed by atoms with Crippen molar-refractivity contribution >= 4 is 45.8 Å². The lowest BCUT2D eigenvalue weighted by Crippen LogP contribution is -2.50.